The first kappa shape index (κ1) is 14.3. The van der Waals surface area contributed by atoms with Crippen LogP contribution in [0.25, 0.3) is 0 Å². The molecule has 4 atom stereocenters. The van der Waals surface area contributed by atoms with E-state index in [1.165, 1.54) is 58.2 Å². The van der Waals surface area contributed by atoms with Crippen LogP contribution in [0.2, 0.25) is 0 Å². The van der Waals surface area contributed by atoms with E-state index in [-0.39, 0.29) is 0 Å². The highest BCUT2D eigenvalue weighted by Crippen LogP contribution is 2.37. The van der Waals surface area contributed by atoms with E-state index >= 15 is 0 Å². The molecular weight excluding hydrogens is 220 g/mol. The summed E-state index contributed by atoms with van der Waals surface area (Å²) in [7, 11) is 0. The molecule has 0 aromatic rings. The highest BCUT2D eigenvalue weighted by Gasteiger charge is 2.36. The molecule has 1 aliphatic heterocycles. The Labute approximate surface area is 114 Å². The second-order valence-corrected chi connectivity index (χ2v) is 6.46. The SMILES string of the molecule is CCCC1CN(C2CCC(CC)C2C)CCCN1. The Balaban J connectivity index is 1.94. The molecule has 1 heterocycles. The highest BCUT2D eigenvalue weighted by atomic mass is 15.2. The van der Waals surface area contributed by atoms with Gasteiger partial charge in [-0.3, -0.25) is 4.90 Å². The minimum Gasteiger partial charge on any atom is -0.313 e. The third-order valence-corrected chi connectivity index (χ3v) is 5.32. The zero-order chi connectivity index (χ0) is 13.0. The fourth-order valence-electron chi connectivity index (χ4n) is 4.19. The van der Waals surface area contributed by atoms with Crippen molar-refractivity contribution < 1.29 is 0 Å². The lowest BCUT2D eigenvalue weighted by molar-refractivity contribution is 0.149. The Hall–Kier alpha value is -0.0800. The van der Waals surface area contributed by atoms with Gasteiger partial charge in [-0.25, -0.2) is 0 Å². The van der Waals surface area contributed by atoms with Gasteiger partial charge < -0.3 is 5.32 Å². The number of hydrogen-bond acceptors (Lipinski definition) is 2. The summed E-state index contributed by atoms with van der Waals surface area (Å²) in [5.41, 5.74) is 0. The first-order valence-electron chi connectivity index (χ1n) is 8.23. The van der Waals surface area contributed by atoms with Crippen molar-refractivity contribution in [2.75, 3.05) is 19.6 Å². The molecule has 1 aliphatic carbocycles. The van der Waals surface area contributed by atoms with Gasteiger partial charge >= 0.3 is 0 Å². The molecule has 1 saturated carbocycles. The average Bonchev–Trinajstić information content (AvgIpc) is 2.59. The van der Waals surface area contributed by atoms with E-state index in [1.54, 1.807) is 0 Å². The van der Waals surface area contributed by atoms with Gasteiger partial charge in [-0.05, 0) is 50.6 Å². The van der Waals surface area contributed by atoms with Crippen LogP contribution in [0.1, 0.15) is 59.3 Å². The topological polar surface area (TPSA) is 15.3 Å². The Kier molecular flexibility index (Phi) is 5.50. The molecule has 2 nitrogen and oxygen atoms in total. The number of hydrogen-bond donors (Lipinski definition) is 1. The molecule has 0 radical (unpaired) electrons. The highest BCUT2D eigenvalue weighted by molar-refractivity contribution is 4.90. The predicted molar refractivity (Wildman–Crippen MR) is 78.9 cm³/mol. The maximum atomic E-state index is 3.73. The quantitative estimate of drug-likeness (QED) is 0.826. The van der Waals surface area contributed by atoms with Crippen LogP contribution in [0.4, 0.5) is 0 Å². The number of rotatable bonds is 4. The first-order valence-corrected chi connectivity index (χ1v) is 8.23. The van der Waals surface area contributed by atoms with Crippen molar-refractivity contribution >= 4 is 0 Å². The molecule has 0 spiro atoms. The maximum Gasteiger partial charge on any atom is 0.0195 e. The van der Waals surface area contributed by atoms with Gasteiger partial charge in [0.1, 0.15) is 0 Å². The molecule has 18 heavy (non-hydrogen) atoms. The summed E-state index contributed by atoms with van der Waals surface area (Å²) in [5, 5.41) is 3.73. The Bertz CT molecular complexity index is 241. The molecule has 0 aromatic heterocycles. The Morgan fingerprint density at radius 1 is 1.22 bits per heavy atom. The van der Waals surface area contributed by atoms with Gasteiger partial charge in [-0.2, -0.15) is 0 Å². The van der Waals surface area contributed by atoms with Crippen LogP contribution in [0.15, 0.2) is 0 Å². The van der Waals surface area contributed by atoms with Crippen LogP contribution in [0, 0.1) is 11.8 Å². The number of nitrogens with zero attached hydrogens (tertiary/aromatic N) is 1. The minimum atomic E-state index is 0.741. The molecule has 1 saturated heterocycles. The molecule has 1 N–H and O–H groups in total. The van der Waals surface area contributed by atoms with Crippen molar-refractivity contribution in [1.82, 2.24) is 10.2 Å². The molecule has 2 fully saturated rings. The van der Waals surface area contributed by atoms with Crippen LogP contribution < -0.4 is 5.32 Å². The molecule has 106 valence electrons. The molecule has 0 aromatic carbocycles. The van der Waals surface area contributed by atoms with Gasteiger partial charge in [-0.1, -0.05) is 33.6 Å². The van der Waals surface area contributed by atoms with Crippen LogP contribution >= 0.6 is 0 Å². The van der Waals surface area contributed by atoms with Crippen molar-refractivity contribution in [3.05, 3.63) is 0 Å². The smallest absolute Gasteiger partial charge is 0.0195 e. The lowest BCUT2D eigenvalue weighted by Gasteiger charge is -2.33. The molecule has 4 unspecified atom stereocenters. The summed E-state index contributed by atoms with van der Waals surface area (Å²) in [6.07, 6.45) is 8.27. The van der Waals surface area contributed by atoms with E-state index in [0.717, 1.165) is 23.9 Å². The second-order valence-electron chi connectivity index (χ2n) is 6.46. The van der Waals surface area contributed by atoms with Crippen LogP contribution in [0.3, 0.4) is 0 Å². The lowest BCUT2D eigenvalue weighted by Crippen LogP contribution is -2.44. The van der Waals surface area contributed by atoms with Gasteiger partial charge in [0.25, 0.3) is 0 Å². The zero-order valence-corrected chi connectivity index (χ0v) is 12.6. The third kappa shape index (κ3) is 3.27. The fraction of sp³-hybridized carbons (Fsp3) is 1.00. The van der Waals surface area contributed by atoms with Crippen molar-refractivity contribution in [2.45, 2.75) is 71.4 Å². The summed E-state index contributed by atoms with van der Waals surface area (Å²) in [6, 6.07) is 1.61. The van der Waals surface area contributed by atoms with Crippen LogP contribution in [-0.2, 0) is 0 Å². The molecule has 0 bridgehead atoms. The van der Waals surface area contributed by atoms with Crippen molar-refractivity contribution in [2.24, 2.45) is 11.8 Å². The molecule has 2 rings (SSSR count). The Morgan fingerprint density at radius 2 is 2.06 bits per heavy atom. The van der Waals surface area contributed by atoms with Gasteiger partial charge in [0.2, 0.25) is 0 Å². The van der Waals surface area contributed by atoms with E-state index in [0.29, 0.717) is 0 Å². The predicted octanol–water partition coefficient (Wildman–Crippen LogP) is 3.28. The molecule has 2 aliphatic rings. The number of nitrogens with one attached hydrogen (secondary N) is 1. The summed E-state index contributed by atoms with van der Waals surface area (Å²) in [4.78, 5) is 2.82. The first-order chi connectivity index (χ1) is 8.76. The van der Waals surface area contributed by atoms with Gasteiger partial charge in [-0.15, -0.1) is 0 Å². The fourth-order valence-corrected chi connectivity index (χ4v) is 4.19. The normalized spacial score (nSPS) is 38.8. The van der Waals surface area contributed by atoms with Gasteiger partial charge in [0.05, 0.1) is 0 Å². The van der Waals surface area contributed by atoms with Crippen molar-refractivity contribution in [1.29, 1.82) is 0 Å². The second kappa shape index (κ2) is 6.91. The summed E-state index contributed by atoms with van der Waals surface area (Å²) in [6.45, 7) is 11.0. The maximum absolute atomic E-state index is 3.73. The van der Waals surface area contributed by atoms with E-state index < -0.39 is 0 Å². The van der Waals surface area contributed by atoms with Crippen molar-refractivity contribution in [3.8, 4) is 0 Å². The third-order valence-electron chi connectivity index (χ3n) is 5.32. The van der Waals surface area contributed by atoms with E-state index in [2.05, 4.69) is 31.0 Å². The van der Waals surface area contributed by atoms with E-state index in [9.17, 15) is 0 Å². The summed E-state index contributed by atoms with van der Waals surface area (Å²) in [5.74, 6) is 1.89. The summed E-state index contributed by atoms with van der Waals surface area (Å²) >= 11 is 0. The lowest BCUT2D eigenvalue weighted by atomic mass is 9.92. The molecular formula is C16H32N2. The Morgan fingerprint density at radius 3 is 2.72 bits per heavy atom. The van der Waals surface area contributed by atoms with E-state index in [1.807, 2.05) is 0 Å². The van der Waals surface area contributed by atoms with Crippen molar-refractivity contribution in [3.63, 3.8) is 0 Å². The standard InChI is InChI=1S/C16H32N2/c1-4-7-15-12-18(11-6-10-17-15)16-9-8-14(5-2)13(16)3/h13-17H,4-12H2,1-3H3. The monoisotopic (exact) mass is 252 g/mol. The average molecular weight is 252 g/mol. The largest absolute Gasteiger partial charge is 0.313 e. The molecule has 0 amide bonds. The van der Waals surface area contributed by atoms with Crippen LogP contribution in [0.5, 0.6) is 0 Å². The van der Waals surface area contributed by atoms with E-state index in [4.69, 9.17) is 0 Å². The molecule has 2 heteroatoms. The minimum absolute atomic E-state index is 0.741. The summed E-state index contributed by atoms with van der Waals surface area (Å²) < 4.78 is 0. The van der Waals surface area contributed by atoms with Gasteiger partial charge in [0, 0.05) is 18.6 Å². The van der Waals surface area contributed by atoms with Crippen LogP contribution in [-0.4, -0.2) is 36.6 Å². The van der Waals surface area contributed by atoms with Gasteiger partial charge in [0.15, 0.2) is 0 Å². The zero-order valence-electron chi connectivity index (χ0n) is 12.6.